The Morgan fingerprint density at radius 2 is 2.25 bits per heavy atom. The summed E-state index contributed by atoms with van der Waals surface area (Å²) in [6, 6.07) is 3.61. The first-order valence-corrected chi connectivity index (χ1v) is 13.1. The van der Waals surface area contributed by atoms with Gasteiger partial charge >= 0.3 is 0 Å². The van der Waals surface area contributed by atoms with Crippen molar-refractivity contribution >= 4 is 43.2 Å². The zero-order valence-corrected chi connectivity index (χ0v) is 18.3. The molecule has 0 saturated heterocycles. The van der Waals surface area contributed by atoms with Gasteiger partial charge in [0.05, 0.1) is 23.9 Å². The molecule has 0 aliphatic heterocycles. The van der Waals surface area contributed by atoms with Crippen LogP contribution < -0.4 is 5.56 Å². The van der Waals surface area contributed by atoms with Crippen LogP contribution in [0.1, 0.15) is 29.5 Å². The van der Waals surface area contributed by atoms with Crippen molar-refractivity contribution in [1.82, 2.24) is 9.55 Å². The Labute approximate surface area is 171 Å². The summed E-state index contributed by atoms with van der Waals surface area (Å²) in [5, 5.41) is 1.27. The van der Waals surface area contributed by atoms with Crippen molar-refractivity contribution < 1.29 is 12.8 Å². The van der Waals surface area contributed by atoms with E-state index in [0.717, 1.165) is 35.0 Å². The number of fused-ring (bicyclic) bond motifs is 3. The summed E-state index contributed by atoms with van der Waals surface area (Å²) in [6.07, 6.45) is 5.78. The number of thioether (sulfide) groups is 1. The van der Waals surface area contributed by atoms with Crippen LogP contribution in [0.15, 0.2) is 32.8 Å². The molecule has 4 rings (SSSR count). The lowest BCUT2D eigenvalue weighted by Crippen LogP contribution is -2.24. The second kappa shape index (κ2) is 7.68. The van der Waals surface area contributed by atoms with Gasteiger partial charge in [-0.25, -0.2) is 13.4 Å². The van der Waals surface area contributed by atoms with Crippen molar-refractivity contribution in [3.63, 3.8) is 0 Å². The number of rotatable bonds is 6. The molecule has 3 heterocycles. The second-order valence-corrected chi connectivity index (χ2v) is 11.8. The van der Waals surface area contributed by atoms with Gasteiger partial charge in [0.1, 0.15) is 20.4 Å². The van der Waals surface area contributed by atoms with E-state index in [0.29, 0.717) is 22.6 Å². The zero-order chi connectivity index (χ0) is 19.9. The average Bonchev–Trinajstić information content (AvgIpc) is 3.23. The standard InChI is InChI=1S/C19H22N2O4S3/c1-12-5-6-14-15(10-12)27-17-16(14)18(22)21(11-13-4-3-7-25-13)19(20-17)26-8-9-28(2,23)24/h3-4,7,12H,5-6,8-11H2,1-2H3. The fraction of sp³-hybridized carbons (Fsp3) is 0.474. The molecule has 0 aromatic carbocycles. The Balaban J connectivity index is 1.80. The summed E-state index contributed by atoms with van der Waals surface area (Å²) in [5.74, 6) is 1.70. The monoisotopic (exact) mass is 438 g/mol. The van der Waals surface area contributed by atoms with Crippen molar-refractivity contribution in [2.75, 3.05) is 17.8 Å². The number of furan rings is 1. The molecule has 0 fully saturated rings. The average molecular weight is 439 g/mol. The molecule has 28 heavy (non-hydrogen) atoms. The number of aryl methyl sites for hydroxylation is 1. The van der Waals surface area contributed by atoms with E-state index in [4.69, 9.17) is 9.40 Å². The number of hydrogen-bond donors (Lipinski definition) is 0. The molecule has 1 unspecified atom stereocenters. The largest absolute Gasteiger partial charge is 0.467 e. The quantitative estimate of drug-likeness (QED) is 0.434. The summed E-state index contributed by atoms with van der Waals surface area (Å²) in [5.41, 5.74) is 1.09. The highest BCUT2D eigenvalue weighted by molar-refractivity contribution is 8.00. The highest BCUT2D eigenvalue weighted by atomic mass is 32.2. The topological polar surface area (TPSA) is 82.2 Å². The molecule has 0 bridgehead atoms. The molecule has 0 saturated carbocycles. The molecule has 0 amide bonds. The van der Waals surface area contributed by atoms with Gasteiger partial charge in [-0.15, -0.1) is 11.3 Å². The van der Waals surface area contributed by atoms with Gasteiger partial charge in [0.2, 0.25) is 0 Å². The van der Waals surface area contributed by atoms with Gasteiger partial charge in [-0.1, -0.05) is 18.7 Å². The van der Waals surface area contributed by atoms with Gasteiger partial charge in [-0.2, -0.15) is 0 Å². The van der Waals surface area contributed by atoms with Crippen molar-refractivity contribution in [1.29, 1.82) is 0 Å². The lowest BCUT2D eigenvalue weighted by molar-refractivity contribution is 0.476. The van der Waals surface area contributed by atoms with Crippen LogP contribution in [-0.4, -0.2) is 35.7 Å². The molecule has 6 nitrogen and oxygen atoms in total. The van der Waals surface area contributed by atoms with E-state index in [2.05, 4.69) is 6.92 Å². The first-order chi connectivity index (χ1) is 13.3. The summed E-state index contributed by atoms with van der Waals surface area (Å²) in [4.78, 5) is 20.2. The third-order valence-electron chi connectivity index (χ3n) is 4.96. The fourth-order valence-corrected chi connectivity index (χ4v) is 7.11. The fourth-order valence-electron chi connectivity index (χ4n) is 3.50. The van der Waals surface area contributed by atoms with Gasteiger partial charge in [0, 0.05) is 16.9 Å². The van der Waals surface area contributed by atoms with Crippen molar-refractivity contribution in [3.8, 4) is 0 Å². The van der Waals surface area contributed by atoms with Crippen molar-refractivity contribution in [2.45, 2.75) is 37.9 Å². The Kier molecular flexibility index (Phi) is 5.41. The predicted molar refractivity (Wildman–Crippen MR) is 113 cm³/mol. The number of hydrogen-bond acceptors (Lipinski definition) is 7. The van der Waals surface area contributed by atoms with Crippen LogP contribution in [0.25, 0.3) is 10.2 Å². The number of aromatic nitrogens is 2. The summed E-state index contributed by atoms with van der Waals surface area (Å²) in [7, 11) is -3.07. The van der Waals surface area contributed by atoms with Crippen molar-refractivity contribution in [2.24, 2.45) is 5.92 Å². The molecular weight excluding hydrogens is 416 g/mol. The Hall–Kier alpha value is -1.58. The zero-order valence-electron chi connectivity index (χ0n) is 15.8. The van der Waals surface area contributed by atoms with Gasteiger partial charge in [-0.3, -0.25) is 9.36 Å². The van der Waals surface area contributed by atoms with Crippen LogP contribution in [0.3, 0.4) is 0 Å². The summed E-state index contributed by atoms with van der Waals surface area (Å²) >= 11 is 2.92. The van der Waals surface area contributed by atoms with Gasteiger partial charge < -0.3 is 4.42 Å². The normalized spacial score (nSPS) is 17.1. The maximum absolute atomic E-state index is 13.4. The maximum atomic E-state index is 13.4. The molecule has 1 aliphatic rings. The lowest BCUT2D eigenvalue weighted by Gasteiger charge is -2.17. The van der Waals surface area contributed by atoms with E-state index in [1.165, 1.54) is 22.9 Å². The van der Waals surface area contributed by atoms with E-state index in [1.807, 2.05) is 6.07 Å². The van der Waals surface area contributed by atoms with E-state index < -0.39 is 9.84 Å². The van der Waals surface area contributed by atoms with E-state index in [-0.39, 0.29) is 17.9 Å². The SMILES string of the molecule is CC1CCc2c(sc3nc(SCCS(C)(=O)=O)n(Cc4ccco4)c(=O)c23)C1. The van der Waals surface area contributed by atoms with E-state index in [1.54, 1.807) is 28.2 Å². The van der Waals surface area contributed by atoms with Crippen LogP contribution in [0.5, 0.6) is 0 Å². The Morgan fingerprint density at radius 1 is 1.43 bits per heavy atom. The molecule has 0 radical (unpaired) electrons. The smallest absolute Gasteiger partial charge is 0.263 e. The highest BCUT2D eigenvalue weighted by Crippen LogP contribution is 2.36. The van der Waals surface area contributed by atoms with Gasteiger partial charge in [0.25, 0.3) is 5.56 Å². The minimum atomic E-state index is -3.07. The third-order valence-corrected chi connectivity index (χ3v) is 8.29. The third kappa shape index (κ3) is 4.06. The molecule has 3 aromatic heterocycles. The molecule has 3 aromatic rings. The summed E-state index contributed by atoms with van der Waals surface area (Å²) < 4.78 is 30.0. The minimum absolute atomic E-state index is 0.0464. The molecule has 9 heteroatoms. The van der Waals surface area contributed by atoms with Crippen LogP contribution in [-0.2, 0) is 29.2 Å². The minimum Gasteiger partial charge on any atom is -0.467 e. The van der Waals surface area contributed by atoms with Crippen LogP contribution in [0.2, 0.25) is 0 Å². The highest BCUT2D eigenvalue weighted by Gasteiger charge is 2.25. The van der Waals surface area contributed by atoms with E-state index >= 15 is 0 Å². The van der Waals surface area contributed by atoms with Crippen molar-refractivity contribution in [3.05, 3.63) is 45.0 Å². The molecule has 0 N–H and O–H groups in total. The van der Waals surface area contributed by atoms with Gasteiger partial charge in [-0.05, 0) is 42.9 Å². The van der Waals surface area contributed by atoms with Gasteiger partial charge in [0.15, 0.2) is 5.16 Å². The maximum Gasteiger partial charge on any atom is 0.263 e. The first-order valence-electron chi connectivity index (χ1n) is 9.20. The molecule has 1 atom stereocenters. The molecule has 0 spiro atoms. The van der Waals surface area contributed by atoms with Crippen LogP contribution >= 0.6 is 23.1 Å². The first kappa shape index (κ1) is 19.7. The Morgan fingerprint density at radius 3 is 2.96 bits per heavy atom. The molecule has 150 valence electrons. The Bertz CT molecular complexity index is 1160. The number of nitrogens with zero attached hydrogens (tertiary/aromatic N) is 2. The molecule has 1 aliphatic carbocycles. The summed E-state index contributed by atoms with van der Waals surface area (Å²) in [6.45, 7) is 2.53. The van der Waals surface area contributed by atoms with E-state index in [9.17, 15) is 13.2 Å². The van der Waals surface area contributed by atoms with Crippen LogP contribution in [0.4, 0.5) is 0 Å². The molecular formula is C19H22N2O4S3. The predicted octanol–water partition coefficient (Wildman–Crippen LogP) is 3.36. The lowest BCUT2D eigenvalue weighted by atomic mass is 9.89. The van der Waals surface area contributed by atoms with Crippen LogP contribution in [0, 0.1) is 5.92 Å². The number of thiophene rings is 1. The second-order valence-electron chi connectivity index (χ2n) is 7.38. The number of sulfone groups is 1.